The van der Waals surface area contributed by atoms with Gasteiger partial charge >= 0.3 is 55.3 Å². The molecule has 0 unspecified atom stereocenters. The first-order valence-electron chi connectivity index (χ1n) is 0.567. The maximum Gasteiger partial charge on any atom is 0 e. The van der Waals surface area contributed by atoms with Gasteiger partial charge in [0.25, 0.3) is 0 Å². The fraction of sp³-hybridized carbons (Fsp3) is 0. The summed E-state index contributed by atoms with van der Waals surface area (Å²) in [6.07, 6.45) is 0. The van der Waals surface area contributed by atoms with E-state index in [2.05, 4.69) is 41.7 Å². The minimum absolute atomic E-state index is 0. The van der Waals surface area contributed by atoms with Crippen molar-refractivity contribution in [3.63, 3.8) is 0 Å². The third-order valence-corrected chi connectivity index (χ3v) is 0. The summed E-state index contributed by atoms with van der Waals surface area (Å²) in [7, 11) is 0. The molecule has 0 spiro atoms. The normalized spacial score (nSPS) is 7.20. The molecule has 0 aliphatic rings. The largest absolute Gasteiger partial charge is 0 e. The Kier molecular flexibility index (Phi) is 21.4. The van der Waals surface area contributed by atoms with E-state index in [-0.39, 0.29) is 68.9 Å². The average Bonchev–Trinajstić information content (AvgIpc) is 0.811. The van der Waals surface area contributed by atoms with Gasteiger partial charge < -0.3 is 0 Å². The summed E-state index contributed by atoms with van der Waals surface area (Å²) < 4.78 is 0. The molecule has 0 N–H and O–H groups in total. The van der Waals surface area contributed by atoms with Crippen molar-refractivity contribution in [2.45, 2.75) is 0 Å². The molecule has 0 atom stereocenters. The molecule has 5 heteroatoms. The molecule has 0 heterocycles. The maximum atomic E-state index is 3.39. The zero-order valence-corrected chi connectivity index (χ0v) is 18.1. The van der Waals surface area contributed by atoms with Crippen LogP contribution in [0.15, 0.2) is 0 Å². The second-order valence-corrected chi connectivity index (χ2v) is 60.6. The van der Waals surface area contributed by atoms with Crippen LogP contribution in [0.4, 0.5) is 0 Å². The molecule has 2 radical (unpaired) electrons. The summed E-state index contributed by atoms with van der Waals surface area (Å²) >= 11 is 8.10. The summed E-state index contributed by atoms with van der Waals surface area (Å²) in [5, 5.41) is 0. The predicted molar refractivity (Wildman–Crippen MR) is 43.4 cm³/mol. The monoisotopic (exact) mass is 626 g/mol. The first-order chi connectivity index (χ1) is 1.73. The van der Waals surface area contributed by atoms with E-state index >= 15 is 0 Å². The number of hydrogen-bond donors (Lipinski definition) is 0. The Morgan fingerprint density at radius 2 is 1.40 bits per heavy atom. The van der Waals surface area contributed by atoms with E-state index < -0.39 is 13.6 Å². The van der Waals surface area contributed by atoms with Crippen molar-refractivity contribution in [2.75, 3.05) is 0 Å². The Labute approximate surface area is 119 Å². The maximum absolute atomic E-state index is 3.39. The zero-order chi connectivity index (χ0) is 3.58. The first-order valence-corrected chi connectivity index (χ1v) is 28.4. The van der Waals surface area contributed by atoms with Crippen LogP contribution in [0.3, 0.4) is 0 Å². The van der Waals surface area contributed by atoms with Gasteiger partial charge in [0.05, 0.1) is 0 Å². The first kappa shape index (κ1) is 12.4. The Morgan fingerprint density at radius 1 is 1.40 bits per heavy atom. The average molecular weight is 627 g/mol. The summed E-state index contributed by atoms with van der Waals surface area (Å²) in [6, 6.07) is 0. The van der Waals surface area contributed by atoms with Crippen molar-refractivity contribution < 1.29 is 0 Å². The van der Waals surface area contributed by atoms with E-state index in [0.717, 1.165) is 0 Å². The molecular formula is Br2CsIPb. The fourth-order valence-electron chi connectivity index (χ4n) is 0. The van der Waals surface area contributed by atoms with Crippen LogP contribution in [0.25, 0.3) is 0 Å². The van der Waals surface area contributed by atoms with E-state index in [4.69, 9.17) is 0 Å². The topological polar surface area (TPSA) is 0 Å². The predicted octanol–water partition coefficient (Wildman–Crippen LogP) is 1.82. The van der Waals surface area contributed by atoms with Crippen molar-refractivity contribution in [3.05, 3.63) is 0 Å². The molecule has 5 heavy (non-hydrogen) atoms. The quantitative estimate of drug-likeness (QED) is 0.285. The molecule has 0 aromatic carbocycles. The van der Waals surface area contributed by atoms with Crippen LogP contribution in [0.5, 0.6) is 0 Å². The van der Waals surface area contributed by atoms with Crippen molar-refractivity contribution in [1.82, 2.24) is 0 Å². The van der Waals surface area contributed by atoms with Gasteiger partial charge in [-0.05, 0) is 0 Å². The van der Waals surface area contributed by atoms with Gasteiger partial charge in [-0.25, -0.2) is 0 Å². The number of halogens is 3. The minimum Gasteiger partial charge on any atom is 0 e. The van der Waals surface area contributed by atoms with E-state index in [0.29, 0.717) is 0 Å². The molecule has 0 aromatic rings. The van der Waals surface area contributed by atoms with E-state index in [1.54, 1.807) is 0 Å². The van der Waals surface area contributed by atoms with E-state index in [9.17, 15) is 0 Å². The minimum atomic E-state index is -1.06. The molecule has 0 rings (SSSR count). The molecule has 0 saturated heterocycles. The van der Waals surface area contributed by atoms with Crippen LogP contribution in [0.1, 0.15) is 0 Å². The van der Waals surface area contributed by atoms with Gasteiger partial charge in [-0.1, -0.05) is 0 Å². The third kappa shape index (κ3) is 17.7. The summed E-state index contributed by atoms with van der Waals surface area (Å²) in [4.78, 5) is 0. The third-order valence-electron chi connectivity index (χ3n) is 0. The Balaban J connectivity index is 0. The standard InChI is InChI=1S/2BrH.Cs.HI.Pb/h2*1H;;1H;/q;;;;+3/p-3. The van der Waals surface area contributed by atoms with Crippen LogP contribution in [-0.4, -0.2) is 82.5 Å². The Hall–Kier alpha value is 4.66. The van der Waals surface area contributed by atoms with Crippen molar-refractivity contribution >= 4 is 124 Å². The molecule has 0 aromatic heterocycles. The van der Waals surface area contributed by atoms with Crippen molar-refractivity contribution in [3.8, 4) is 0 Å². The van der Waals surface area contributed by atoms with Crippen LogP contribution < -0.4 is 0 Å². The molecule has 0 fully saturated rings. The molecule has 0 saturated carbocycles. The van der Waals surface area contributed by atoms with Crippen LogP contribution in [0, 0.1) is 0 Å². The fourth-order valence-corrected chi connectivity index (χ4v) is 0. The van der Waals surface area contributed by atoms with E-state index in [1.165, 1.54) is 0 Å². The smallest absolute Gasteiger partial charge is 0 e. The van der Waals surface area contributed by atoms with Gasteiger partial charge in [-0.15, -0.1) is 0 Å². The Morgan fingerprint density at radius 3 is 1.40 bits per heavy atom. The molecule has 0 nitrogen and oxygen atoms in total. The van der Waals surface area contributed by atoms with Crippen LogP contribution in [0.2, 0.25) is 0 Å². The molecule has 0 bridgehead atoms. The molecule has 0 aliphatic carbocycles. The van der Waals surface area contributed by atoms with Gasteiger partial charge in [-0.3, -0.25) is 0 Å². The number of rotatable bonds is 0. The Bertz CT molecular complexity index is 14.4. The van der Waals surface area contributed by atoms with Gasteiger partial charge in [-0.2, -0.15) is 0 Å². The van der Waals surface area contributed by atoms with Gasteiger partial charge in [0.1, 0.15) is 0 Å². The zero-order valence-electron chi connectivity index (χ0n) is 2.63. The van der Waals surface area contributed by atoms with Gasteiger partial charge in [0, 0.05) is 68.9 Å². The van der Waals surface area contributed by atoms with Crippen molar-refractivity contribution in [1.29, 1.82) is 0 Å². The summed E-state index contributed by atoms with van der Waals surface area (Å²) in [6.45, 7) is 0. The van der Waals surface area contributed by atoms with Gasteiger partial charge in [0.2, 0.25) is 0 Å². The second-order valence-electron chi connectivity index (χ2n) is 0.214. The van der Waals surface area contributed by atoms with Crippen LogP contribution in [-0.2, 0) is 0 Å². The molecular weight excluding hydrogens is 627 g/mol. The number of hydrogen-bond acceptors (Lipinski definition) is 0. The van der Waals surface area contributed by atoms with E-state index in [1.807, 2.05) is 0 Å². The SMILES string of the molecule is [Br][Pb]([Br])[I].[Cs]. The van der Waals surface area contributed by atoms with Crippen LogP contribution >= 0.6 is 41.7 Å². The van der Waals surface area contributed by atoms with Gasteiger partial charge in [0.15, 0.2) is 0 Å². The summed E-state index contributed by atoms with van der Waals surface area (Å²) in [5.41, 5.74) is 0. The molecule has 0 aliphatic heterocycles. The second kappa shape index (κ2) is 8.66. The van der Waals surface area contributed by atoms with Crippen molar-refractivity contribution in [2.24, 2.45) is 0 Å². The summed E-state index contributed by atoms with van der Waals surface area (Å²) in [5.74, 6) is 0. The molecule has 26 valence electrons. The molecule has 0 amide bonds.